The van der Waals surface area contributed by atoms with Crippen molar-refractivity contribution in [3.63, 3.8) is 0 Å². The zero-order valence-electron chi connectivity index (χ0n) is 16.2. The van der Waals surface area contributed by atoms with Crippen LogP contribution in [0.4, 0.5) is 10.1 Å². The first kappa shape index (κ1) is 19.4. The molecule has 4 aromatic rings. The highest BCUT2D eigenvalue weighted by molar-refractivity contribution is 5.82. The molecule has 0 aliphatic carbocycles. The fourth-order valence-electron chi connectivity index (χ4n) is 2.85. The molecule has 3 nitrogen and oxygen atoms in total. The molecule has 30 heavy (non-hydrogen) atoms. The van der Waals surface area contributed by atoms with Gasteiger partial charge in [0, 0.05) is 6.21 Å². The summed E-state index contributed by atoms with van der Waals surface area (Å²) in [5, 5.41) is 0. The Labute approximate surface area is 175 Å². The molecule has 0 atom stereocenters. The molecule has 0 spiro atoms. The van der Waals surface area contributed by atoms with Gasteiger partial charge < -0.3 is 9.47 Å². The van der Waals surface area contributed by atoms with E-state index in [1.807, 2.05) is 84.9 Å². The molecule has 0 aromatic heterocycles. The SMILES string of the molecule is Fc1cccc(COc2cccc(C=Nc3ccc(Oc4ccccc4)cc3)c2)c1. The summed E-state index contributed by atoms with van der Waals surface area (Å²) in [6, 6.07) is 31.2. The number of halogens is 1. The molecule has 0 fully saturated rings. The number of ether oxygens (including phenoxy) is 2. The van der Waals surface area contributed by atoms with Crippen molar-refractivity contribution in [1.29, 1.82) is 0 Å². The molecule has 0 unspecified atom stereocenters. The highest BCUT2D eigenvalue weighted by atomic mass is 19.1. The molecule has 0 aliphatic heterocycles. The molecule has 0 saturated carbocycles. The van der Waals surface area contributed by atoms with Gasteiger partial charge in [-0.05, 0) is 71.8 Å². The van der Waals surface area contributed by atoms with Gasteiger partial charge >= 0.3 is 0 Å². The summed E-state index contributed by atoms with van der Waals surface area (Å²) in [6.07, 6.45) is 1.78. The van der Waals surface area contributed by atoms with Crippen molar-refractivity contribution < 1.29 is 13.9 Å². The number of para-hydroxylation sites is 1. The minimum Gasteiger partial charge on any atom is -0.489 e. The van der Waals surface area contributed by atoms with Crippen LogP contribution >= 0.6 is 0 Å². The average Bonchev–Trinajstić information content (AvgIpc) is 2.78. The Morgan fingerprint density at radius 2 is 1.43 bits per heavy atom. The standard InChI is InChI=1S/C26H20FNO2/c27-22-8-4-7-21(16-22)19-29-26-11-5-6-20(17-26)18-28-23-12-14-25(15-13-23)30-24-9-2-1-3-10-24/h1-18H,19H2. The Bertz CT molecular complexity index is 1130. The molecule has 0 amide bonds. The fourth-order valence-corrected chi connectivity index (χ4v) is 2.85. The Hall–Kier alpha value is -3.92. The average molecular weight is 397 g/mol. The van der Waals surface area contributed by atoms with Crippen LogP contribution in [0.2, 0.25) is 0 Å². The molecule has 0 heterocycles. The van der Waals surface area contributed by atoms with Crippen LogP contribution in [0, 0.1) is 5.82 Å². The molecule has 4 heteroatoms. The van der Waals surface area contributed by atoms with E-state index in [0.29, 0.717) is 12.4 Å². The second-order valence-electron chi connectivity index (χ2n) is 6.66. The van der Waals surface area contributed by atoms with Crippen LogP contribution in [-0.2, 0) is 6.61 Å². The van der Waals surface area contributed by atoms with Gasteiger partial charge in [0.25, 0.3) is 0 Å². The van der Waals surface area contributed by atoms with Crippen molar-refractivity contribution in [3.8, 4) is 17.2 Å². The minimum absolute atomic E-state index is 0.267. The van der Waals surface area contributed by atoms with Crippen molar-refractivity contribution >= 4 is 11.9 Å². The molecular formula is C26H20FNO2. The van der Waals surface area contributed by atoms with E-state index in [1.54, 1.807) is 12.3 Å². The van der Waals surface area contributed by atoms with Gasteiger partial charge in [0.1, 0.15) is 29.7 Å². The third-order valence-corrected chi connectivity index (χ3v) is 4.33. The van der Waals surface area contributed by atoms with Crippen molar-refractivity contribution in [3.05, 3.63) is 120 Å². The van der Waals surface area contributed by atoms with Gasteiger partial charge in [-0.3, -0.25) is 4.99 Å². The van der Waals surface area contributed by atoms with Gasteiger partial charge in [0.15, 0.2) is 0 Å². The van der Waals surface area contributed by atoms with Crippen LogP contribution in [0.25, 0.3) is 0 Å². The van der Waals surface area contributed by atoms with E-state index in [0.717, 1.165) is 28.3 Å². The second-order valence-corrected chi connectivity index (χ2v) is 6.66. The van der Waals surface area contributed by atoms with Gasteiger partial charge in [0.05, 0.1) is 5.69 Å². The van der Waals surface area contributed by atoms with Crippen LogP contribution in [0.15, 0.2) is 108 Å². The summed E-state index contributed by atoms with van der Waals surface area (Å²) in [5.74, 6) is 1.99. The maximum atomic E-state index is 13.3. The van der Waals surface area contributed by atoms with E-state index < -0.39 is 0 Å². The molecule has 0 bridgehead atoms. The maximum absolute atomic E-state index is 13.3. The summed E-state index contributed by atoms with van der Waals surface area (Å²) in [6.45, 7) is 0.307. The first-order valence-electron chi connectivity index (χ1n) is 9.59. The summed E-state index contributed by atoms with van der Waals surface area (Å²) in [4.78, 5) is 4.51. The normalized spacial score (nSPS) is 10.8. The quantitative estimate of drug-likeness (QED) is 0.316. The molecule has 0 aliphatic rings. The fraction of sp³-hybridized carbons (Fsp3) is 0.0385. The molecule has 148 valence electrons. The van der Waals surface area contributed by atoms with Crippen molar-refractivity contribution in [2.45, 2.75) is 6.61 Å². The van der Waals surface area contributed by atoms with E-state index in [-0.39, 0.29) is 5.82 Å². The molecule has 4 rings (SSSR count). The van der Waals surface area contributed by atoms with Gasteiger partial charge in [-0.1, -0.05) is 42.5 Å². The largest absolute Gasteiger partial charge is 0.489 e. The molecule has 0 saturated heterocycles. The Kier molecular flexibility index (Phi) is 6.16. The summed E-state index contributed by atoms with van der Waals surface area (Å²) in [7, 11) is 0. The lowest BCUT2D eigenvalue weighted by Gasteiger charge is -2.07. The van der Waals surface area contributed by atoms with E-state index in [1.165, 1.54) is 12.1 Å². The monoisotopic (exact) mass is 397 g/mol. The first-order chi connectivity index (χ1) is 14.7. The Morgan fingerprint density at radius 1 is 0.700 bits per heavy atom. The zero-order valence-corrected chi connectivity index (χ0v) is 16.2. The Balaban J connectivity index is 1.37. The van der Waals surface area contributed by atoms with E-state index in [2.05, 4.69) is 4.99 Å². The lowest BCUT2D eigenvalue weighted by atomic mass is 10.2. The summed E-state index contributed by atoms with van der Waals surface area (Å²) < 4.78 is 24.8. The van der Waals surface area contributed by atoms with Crippen LogP contribution in [0.3, 0.4) is 0 Å². The predicted molar refractivity (Wildman–Crippen MR) is 117 cm³/mol. The summed E-state index contributed by atoms with van der Waals surface area (Å²) >= 11 is 0. The number of hydrogen-bond acceptors (Lipinski definition) is 3. The third-order valence-electron chi connectivity index (χ3n) is 4.33. The number of rotatable bonds is 7. The molecule has 4 aromatic carbocycles. The number of nitrogens with zero attached hydrogens (tertiary/aromatic N) is 1. The molecule has 0 radical (unpaired) electrons. The smallest absolute Gasteiger partial charge is 0.127 e. The zero-order chi connectivity index (χ0) is 20.6. The Morgan fingerprint density at radius 3 is 2.23 bits per heavy atom. The topological polar surface area (TPSA) is 30.8 Å². The third kappa shape index (κ3) is 5.55. The van der Waals surface area contributed by atoms with E-state index in [4.69, 9.17) is 9.47 Å². The van der Waals surface area contributed by atoms with Crippen LogP contribution < -0.4 is 9.47 Å². The summed E-state index contributed by atoms with van der Waals surface area (Å²) in [5.41, 5.74) is 2.52. The van der Waals surface area contributed by atoms with Gasteiger partial charge in [-0.15, -0.1) is 0 Å². The van der Waals surface area contributed by atoms with Gasteiger partial charge in [-0.25, -0.2) is 4.39 Å². The first-order valence-corrected chi connectivity index (χ1v) is 9.59. The number of hydrogen-bond donors (Lipinski definition) is 0. The van der Waals surface area contributed by atoms with Crippen molar-refractivity contribution in [2.75, 3.05) is 0 Å². The van der Waals surface area contributed by atoms with E-state index >= 15 is 0 Å². The van der Waals surface area contributed by atoms with Crippen LogP contribution in [0.1, 0.15) is 11.1 Å². The minimum atomic E-state index is -0.267. The highest BCUT2D eigenvalue weighted by Gasteiger charge is 2.00. The van der Waals surface area contributed by atoms with E-state index in [9.17, 15) is 4.39 Å². The van der Waals surface area contributed by atoms with Crippen LogP contribution in [0.5, 0.6) is 17.2 Å². The predicted octanol–water partition coefficient (Wildman–Crippen LogP) is 6.95. The highest BCUT2D eigenvalue weighted by Crippen LogP contribution is 2.24. The maximum Gasteiger partial charge on any atom is 0.127 e. The van der Waals surface area contributed by atoms with Crippen molar-refractivity contribution in [2.24, 2.45) is 4.99 Å². The molecular weight excluding hydrogens is 377 g/mol. The molecule has 0 N–H and O–H groups in total. The lowest BCUT2D eigenvalue weighted by molar-refractivity contribution is 0.305. The van der Waals surface area contributed by atoms with Gasteiger partial charge in [-0.2, -0.15) is 0 Å². The number of benzene rings is 4. The number of aliphatic imine (C=N–C) groups is 1. The van der Waals surface area contributed by atoms with Crippen LogP contribution in [-0.4, -0.2) is 6.21 Å². The lowest BCUT2D eigenvalue weighted by Crippen LogP contribution is -1.96. The van der Waals surface area contributed by atoms with Crippen molar-refractivity contribution in [1.82, 2.24) is 0 Å². The van der Waals surface area contributed by atoms with Gasteiger partial charge in [0.2, 0.25) is 0 Å². The second kappa shape index (κ2) is 9.52.